The molecule has 0 aliphatic heterocycles. The molecular formula is C11H16BrNOS. The molecule has 0 bridgehead atoms. The van der Waals surface area contributed by atoms with E-state index in [1.165, 1.54) is 4.88 Å². The Bertz CT molecular complexity index is 322. The number of carbonyl (C=O) groups excluding carboxylic acids is 1. The molecule has 0 atom stereocenters. The Morgan fingerprint density at radius 3 is 2.80 bits per heavy atom. The van der Waals surface area contributed by atoms with Gasteiger partial charge < -0.3 is 5.32 Å². The highest BCUT2D eigenvalue weighted by atomic mass is 79.9. The van der Waals surface area contributed by atoms with Crippen LogP contribution in [-0.4, -0.2) is 11.9 Å². The van der Waals surface area contributed by atoms with Crippen molar-refractivity contribution in [1.82, 2.24) is 5.32 Å². The van der Waals surface area contributed by atoms with Crippen LogP contribution in [0.1, 0.15) is 31.6 Å². The van der Waals surface area contributed by atoms with E-state index in [-0.39, 0.29) is 11.9 Å². The van der Waals surface area contributed by atoms with Crippen molar-refractivity contribution >= 4 is 33.2 Å². The molecule has 1 heterocycles. The Labute approximate surface area is 103 Å². The highest BCUT2D eigenvalue weighted by Gasteiger charge is 2.04. The largest absolute Gasteiger partial charge is 0.354 e. The molecule has 4 heteroatoms. The number of halogens is 1. The van der Waals surface area contributed by atoms with Gasteiger partial charge in [-0.2, -0.15) is 0 Å². The van der Waals surface area contributed by atoms with Crippen molar-refractivity contribution in [3.8, 4) is 0 Å². The highest BCUT2D eigenvalue weighted by molar-refractivity contribution is 9.11. The standard InChI is InChI=1S/C11H16BrNOS/c1-8(2)13-11(14)5-3-4-9-6-7-10(12)15-9/h6-8H,3-5H2,1-2H3,(H,13,14). The van der Waals surface area contributed by atoms with Gasteiger partial charge in [0.05, 0.1) is 3.79 Å². The van der Waals surface area contributed by atoms with Gasteiger partial charge in [0.2, 0.25) is 5.91 Å². The molecule has 15 heavy (non-hydrogen) atoms. The van der Waals surface area contributed by atoms with Gasteiger partial charge in [0.15, 0.2) is 0 Å². The summed E-state index contributed by atoms with van der Waals surface area (Å²) in [5.41, 5.74) is 0. The van der Waals surface area contributed by atoms with Crippen molar-refractivity contribution in [2.75, 3.05) is 0 Å². The summed E-state index contributed by atoms with van der Waals surface area (Å²) in [6.45, 7) is 3.96. The molecule has 0 spiro atoms. The third-order valence-corrected chi connectivity index (χ3v) is 3.59. The van der Waals surface area contributed by atoms with Crippen molar-refractivity contribution in [3.05, 3.63) is 20.8 Å². The van der Waals surface area contributed by atoms with Gasteiger partial charge in [0, 0.05) is 17.3 Å². The van der Waals surface area contributed by atoms with Crippen LogP contribution < -0.4 is 5.32 Å². The summed E-state index contributed by atoms with van der Waals surface area (Å²) < 4.78 is 1.16. The number of amides is 1. The summed E-state index contributed by atoms with van der Waals surface area (Å²) in [5.74, 6) is 0.153. The van der Waals surface area contributed by atoms with Crippen LogP contribution in [0.25, 0.3) is 0 Å². The fourth-order valence-electron chi connectivity index (χ4n) is 1.30. The van der Waals surface area contributed by atoms with E-state index in [4.69, 9.17) is 0 Å². The van der Waals surface area contributed by atoms with E-state index in [9.17, 15) is 4.79 Å². The number of hydrogen-bond acceptors (Lipinski definition) is 2. The van der Waals surface area contributed by atoms with Crippen LogP contribution in [0.5, 0.6) is 0 Å². The molecule has 0 radical (unpaired) electrons. The molecule has 1 amide bonds. The fourth-order valence-corrected chi connectivity index (χ4v) is 2.83. The summed E-state index contributed by atoms with van der Waals surface area (Å²) in [7, 11) is 0. The summed E-state index contributed by atoms with van der Waals surface area (Å²) in [6, 6.07) is 4.40. The molecule has 2 nitrogen and oxygen atoms in total. The van der Waals surface area contributed by atoms with E-state index < -0.39 is 0 Å². The molecule has 1 aromatic rings. The van der Waals surface area contributed by atoms with Gasteiger partial charge >= 0.3 is 0 Å². The first-order valence-corrected chi connectivity index (χ1v) is 6.72. The minimum atomic E-state index is 0.153. The monoisotopic (exact) mass is 289 g/mol. The molecule has 1 aromatic heterocycles. The van der Waals surface area contributed by atoms with Crippen LogP contribution in [0, 0.1) is 0 Å². The van der Waals surface area contributed by atoms with Crippen molar-refractivity contribution in [2.45, 2.75) is 39.2 Å². The quantitative estimate of drug-likeness (QED) is 0.885. The molecule has 0 aliphatic carbocycles. The van der Waals surface area contributed by atoms with Crippen LogP contribution in [0.3, 0.4) is 0 Å². The number of aryl methyl sites for hydroxylation is 1. The highest BCUT2D eigenvalue weighted by Crippen LogP contribution is 2.23. The van der Waals surface area contributed by atoms with Gasteiger partial charge in [-0.3, -0.25) is 4.79 Å². The second-order valence-electron chi connectivity index (χ2n) is 3.78. The minimum Gasteiger partial charge on any atom is -0.354 e. The van der Waals surface area contributed by atoms with Gasteiger partial charge in [-0.05, 0) is 54.8 Å². The summed E-state index contributed by atoms with van der Waals surface area (Å²) >= 11 is 5.16. The predicted molar refractivity (Wildman–Crippen MR) is 68.2 cm³/mol. The molecule has 0 aromatic carbocycles. The first-order valence-electron chi connectivity index (χ1n) is 5.11. The molecule has 0 saturated heterocycles. The molecule has 0 unspecified atom stereocenters. The lowest BCUT2D eigenvalue weighted by molar-refractivity contribution is -0.121. The zero-order valence-electron chi connectivity index (χ0n) is 9.05. The lowest BCUT2D eigenvalue weighted by atomic mass is 10.2. The van der Waals surface area contributed by atoms with Gasteiger partial charge in [0.25, 0.3) is 0 Å². The normalized spacial score (nSPS) is 10.7. The third-order valence-electron chi connectivity index (χ3n) is 1.91. The van der Waals surface area contributed by atoms with E-state index in [0.29, 0.717) is 6.42 Å². The van der Waals surface area contributed by atoms with Crippen LogP contribution in [0.4, 0.5) is 0 Å². The predicted octanol–water partition coefficient (Wildman–Crippen LogP) is 3.36. The molecule has 1 rings (SSSR count). The van der Waals surface area contributed by atoms with Crippen LogP contribution >= 0.6 is 27.3 Å². The molecule has 1 N–H and O–H groups in total. The Morgan fingerprint density at radius 2 is 2.27 bits per heavy atom. The average Bonchev–Trinajstić information content (AvgIpc) is 2.50. The average molecular weight is 290 g/mol. The second kappa shape index (κ2) is 6.28. The molecule has 0 aliphatic rings. The first kappa shape index (κ1) is 12.7. The van der Waals surface area contributed by atoms with E-state index in [1.807, 2.05) is 19.9 Å². The number of rotatable bonds is 5. The molecule has 0 saturated carbocycles. The van der Waals surface area contributed by atoms with Crippen LogP contribution in [0.15, 0.2) is 15.9 Å². The Kier molecular flexibility index (Phi) is 5.32. The van der Waals surface area contributed by atoms with Gasteiger partial charge in [-0.25, -0.2) is 0 Å². The van der Waals surface area contributed by atoms with Crippen molar-refractivity contribution in [3.63, 3.8) is 0 Å². The zero-order chi connectivity index (χ0) is 11.3. The van der Waals surface area contributed by atoms with Crippen molar-refractivity contribution < 1.29 is 4.79 Å². The summed E-state index contributed by atoms with van der Waals surface area (Å²) in [5, 5.41) is 2.89. The number of thiophene rings is 1. The Balaban J connectivity index is 2.19. The number of nitrogens with one attached hydrogen (secondary N) is 1. The van der Waals surface area contributed by atoms with Crippen molar-refractivity contribution in [1.29, 1.82) is 0 Å². The van der Waals surface area contributed by atoms with Crippen molar-refractivity contribution in [2.24, 2.45) is 0 Å². The maximum Gasteiger partial charge on any atom is 0.220 e. The fraction of sp³-hybridized carbons (Fsp3) is 0.545. The Hall–Kier alpha value is -0.350. The SMILES string of the molecule is CC(C)NC(=O)CCCc1ccc(Br)s1. The lowest BCUT2D eigenvalue weighted by Gasteiger charge is -2.07. The summed E-state index contributed by atoms with van der Waals surface area (Å²) in [6.07, 6.45) is 2.53. The number of hydrogen-bond donors (Lipinski definition) is 1. The first-order chi connectivity index (χ1) is 7.08. The maximum atomic E-state index is 11.3. The van der Waals surface area contributed by atoms with Crippen LogP contribution in [0.2, 0.25) is 0 Å². The second-order valence-corrected chi connectivity index (χ2v) is 6.33. The van der Waals surface area contributed by atoms with Crippen LogP contribution in [-0.2, 0) is 11.2 Å². The van der Waals surface area contributed by atoms with E-state index in [1.54, 1.807) is 11.3 Å². The Morgan fingerprint density at radius 1 is 1.53 bits per heavy atom. The maximum absolute atomic E-state index is 11.3. The third kappa shape index (κ3) is 5.33. The van der Waals surface area contributed by atoms with Gasteiger partial charge in [-0.1, -0.05) is 0 Å². The van der Waals surface area contributed by atoms with Gasteiger partial charge in [-0.15, -0.1) is 11.3 Å². The number of carbonyl (C=O) groups is 1. The van der Waals surface area contributed by atoms with E-state index in [0.717, 1.165) is 16.6 Å². The van der Waals surface area contributed by atoms with Gasteiger partial charge in [0.1, 0.15) is 0 Å². The minimum absolute atomic E-state index is 0.153. The smallest absolute Gasteiger partial charge is 0.220 e. The summed E-state index contributed by atoms with van der Waals surface area (Å²) in [4.78, 5) is 12.7. The van der Waals surface area contributed by atoms with E-state index in [2.05, 4.69) is 27.3 Å². The van der Waals surface area contributed by atoms with E-state index >= 15 is 0 Å². The molecule has 0 fully saturated rings. The topological polar surface area (TPSA) is 29.1 Å². The molecular weight excluding hydrogens is 274 g/mol. The lowest BCUT2D eigenvalue weighted by Crippen LogP contribution is -2.29. The molecule has 84 valence electrons. The zero-order valence-corrected chi connectivity index (χ0v) is 11.5.